The number of fused-ring (bicyclic) bond motifs is 1. The molecule has 3 N–H and O–H groups in total. The van der Waals surface area contributed by atoms with Crippen molar-refractivity contribution in [2.45, 2.75) is 24.7 Å². The molecular weight excluding hydrogens is 411 g/mol. The zero-order chi connectivity index (χ0) is 21.7. The second-order valence-corrected chi connectivity index (χ2v) is 7.19. The Kier molecular flexibility index (Phi) is 4.85. The number of nitrogens with one attached hydrogen (secondary N) is 2. The van der Waals surface area contributed by atoms with Gasteiger partial charge in [0.1, 0.15) is 11.4 Å². The van der Waals surface area contributed by atoms with E-state index in [9.17, 15) is 27.1 Å². The largest absolute Gasteiger partial charge is 0.418 e. The van der Waals surface area contributed by atoms with E-state index in [2.05, 4.69) is 25.5 Å². The SMILES string of the molecule is CC(O)(C1CN(c2nc(-c3n[nH]c4ncccc34)c(F)cc2F)CCN1)C(F)(F)F. The Morgan fingerprint density at radius 1 is 1.20 bits per heavy atom. The molecule has 30 heavy (non-hydrogen) atoms. The van der Waals surface area contributed by atoms with E-state index in [0.717, 1.165) is 0 Å². The van der Waals surface area contributed by atoms with Gasteiger partial charge >= 0.3 is 6.18 Å². The molecule has 160 valence electrons. The molecule has 0 aromatic carbocycles. The van der Waals surface area contributed by atoms with Crippen molar-refractivity contribution in [3.63, 3.8) is 0 Å². The molecule has 0 aliphatic carbocycles. The minimum absolute atomic E-state index is 0.0416. The van der Waals surface area contributed by atoms with Gasteiger partial charge < -0.3 is 15.3 Å². The van der Waals surface area contributed by atoms with E-state index in [0.29, 0.717) is 24.0 Å². The third-order valence-electron chi connectivity index (χ3n) is 5.20. The second kappa shape index (κ2) is 7.13. The molecule has 4 heterocycles. The molecule has 3 aromatic heterocycles. The molecule has 1 aliphatic rings. The molecule has 2 atom stereocenters. The molecular formula is C18H17F5N6O. The lowest BCUT2D eigenvalue weighted by Gasteiger charge is -2.42. The summed E-state index contributed by atoms with van der Waals surface area (Å²) in [7, 11) is 0. The summed E-state index contributed by atoms with van der Waals surface area (Å²) in [6, 6.07) is 2.43. The fourth-order valence-electron chi connectivity index (χ4n) is 3.40. The fraction of sp³-hybridized carbons (Fsp3) is 0.389. The van der Waals surface area contributed by atoms with Crippen LogP contribution in [-0.2, 0) is 0 Å². The van der Waals surface area contributed by atoms with Gasteiger partial charge in [0.15, 0.2) is 28.7 Å². The van der Waals surface area contributed by atoms with Gasteiger partial charge in [0, 0.05) is 37.3 Å². The second-order valence-electron chi connectivity index (χ2n) is 7.19. The first-order chi connectivity index (χ1) is 14.1. The van der Waals surface area contributed by atoms with Crippen LogP contribution in [0, 0.1) is 11.6 Å². The molecule has 4 rings (SSSR count). The van der Waals surface area contributed by atoms with Crippen LogP contribution in [0.25, 0.3) is 22.4 Å². The summed E-state index contributed by atoms with van der Waals surface area (Å²) in [6.45, 7) is 0.420. The molecule has 1 saturated heterocycles. The number of nitrogens with zero attached hydrogens (tertiary/aromatic N) is 4. The smallest absolute Gasteiger partial charge is 0.379 e. The number of H-pyrrole nitrogens is 1. The van der Waals surface area contributed by atoms with Gasteiger partial charge in [-0.2, -0.15) is 18.3 Å². The zero-order valence-electron chi connectivity index (χ0n) is 15.6. The first-order valence-electron chi connectivity index (χ1n) is 9.02. The Hall–Kier alpha value is -2.86. The molecule has 0 radical (unpaired) electrons. The lowest BCUT2D eigenvalue weighted by atomic mass is 9.93. The van der Waals surface area contributed by atoms with Gasteiger partial charge in [0.25, 0.3) is 0 Å². The molecule has 2 unspecified atom stereocenters. The fourth-order valence-corrected chi connectivity index (χ4v) is 3.40. The predicted octanol–water partition coefficient (Wildman–Crippen LogP) is 2.39. The van der Waals surface area contributed by atoms with Crippen LogP contribution < -0.4 is 10.2 Å². The normalized spacial score (nSPS) is 19.8. The number of hydrogen-bond acceptors (Lipinski definition) is 6. The average Bonchev–Trinajstić information content (AvgIpc) is 3.11. The molecule has 3 aromatic rings. The summed E-state index contributed by atoms with van der Waals surface area (Å²) in [5, 5.41) is 19.7. The van der Waals surface area contributed by atoms with Crippen molar-refractivity contribution in [2.24, 2.45) is 0 Å². The highest BCUT2D eigenvalue weighted by atomic mass is 19.4. The van der Waals surface area contributed by atoms with Crippen LogP contribution in [0.5, 0.6) is 0 Å². The Morgan fingerprint density at radius 3 is 2.70 bits per heavy atom. The standard InChI is InChI=1S/C18H17F5N6O/c1-17(30,18(21,22)23)12-8-29(6-5-24-12)16-11(20)7-10(19)14(26-16)13-9-3-2-4-25-15(9)28-27-13/h2-4,7,12,24,30H,5-6,8H2,1H3,(H,25,27,28). The van der Waals surface area contributed by atoms with Crippen LogP contribution in [0.15, 0.2) is 24.4 Å². The van der Waals surface area contributed by atoms with Crippen LogP contribution >= 0.6 is 0 Å². The molecule has 1 aliphatic heterocycles. The highest BCUT2D eigenvalue weighted by Crippen LogP contribution is 2.35. The minimum atomic E-state index is -4.89. The number of alkyl halides is 3. The summed E-state index contributed by atoms with van der Waals surface area (Å²) in [4.78, 5) is 9.34. The first-order valence-corrected chi connectivity index (χ1v) is 9.02. The maximum atomic E-state index is 14.5. The van der Waals surface area contributed by atoms with E-state index < -0.39 is 29.5 Å². The van der Waals surface area contributed by atoms with Crippen molar-refractivity contribution in [3.05, 3.63) is 36.0 Å². The van der Waals surface area contributed by atoms with E-state index in [1.54, 1.807) is 12.1 Å². The number of aromatic amines is 1. The van der Waals surface area contributed by atoms with Crippen molar-refractivity contribution in [3.8, 4) is 11.4 Å². The van der Waals surface area contributed by atoms with Crippen LogP contribution in [0.1, 0.15) is 6.92 Å². The quantitative estimate of drug-likeness (QED) is 0.555. The molecule has 0 bridgehead atoms. The van der Waals surface area contributed by atoms with Crippen molar-refractivity contribution in [1.82, 2.24) is 25.5 Å². The van der Waals surface area contributed by atoms with Crippen LogP contribution in [-0.4, -0.2) is 62.7 Å². The van der Waals surface area contributed by atoms with E-state index >= 15 is 0 Å². The summed E-state index contributed by atoms with van der Waals surface area (Å²) < 4.78 is 68.7. The lowest BCUT2D eigenvalue weighted by Crippen LogP contribution is -2.65. The highest BCUT2D eigenvalue weighted by molar-refractivity contribution is 5.89. The maximum absolute atomic E-state index is 14.5. The summed E-state index contributed by atoms with van der Waals surface area (Å²) in [6.07, 6.45) is -3.38. The van der Waals surface area contributed by atoms with Gasteiger partial charge in [-0.25, -0.2) is 18.7 Å². The molecule has 0 amide bonds. The molecule has 7 nitrogen and oxygen atoms in total. The number of piperazine rings is 1. The Morgan fingerprint density at radius 2 is 1.97 bits per heavy atom. The van der Waals surface area contributed by atoms with Crippen molar-refractivity contribution in [2.75, 3.05) is 24.5 Å². The Labute approximate surface area is 166 Å². The third-order valence-corrected chi connectivity index (χ3v) is 5.20. The van der Waals surface area contributed by atoms with Gasteiger partial charge in [-0.3, -0.25) is 5.10 Å². The predicted molar refractivity (Wildman–Crippen MR) is 97.7 cm³/mol. The molecule has 1 fully saturated rings. The van der Waals surface area contributed by atoms with Crippen molar-refractivity contribution in [1.29, 1.82) is 0 Å². The Bertz CT molecular complexity index is 1080. The summed E-state index contributed by atoms with van der Waals surface area (Å²) in [5.74, 6) is -2.32. The average molecular weight is 428 g/mol. The van der Waals surface area contributed by atoms with Gasteiger partial charge in [0.05, 0.1) is 6.04 Å². The maximum Gasteiger partial charge on any atom is 0.418 e. The number of aromatic nitrogens is 4. The van der Waals surface area contributed by atoms with E-state index in [-0.39, 0.29) is 36.8 Å². The zero-order valence-corrected chi connectivity index (χ0v) is 15.6. The van der Waals surface area contributed by atoms with Gasteiger partial charge in [0.2, 0.25) is 0 Å². The first kappa shape index (κ1) is 20.4. The summed E-state index contributed by atoms with van der Waals surface area (Å²) in [5.41, 5.74) is -2.83. The number of pyridine rings is 2. The number of aliphatic hydroxyl groups is 1. The minimum Gasteiger partial charge on any atom is -0.379 e. The summed E-state index contributed by atoms with van der Waals surface area (Å²) >= 11 is 0. The highest BCUT2D eigenvalue weighted by Gasteiger charge is 2.55. The third kappa shape index (κ3) is 3.35. The van der Waals surface area contributed by atoms with E-state index in [1.165, 1.54) is 11.1 Å². The number of hydrogen-bond donors (Lipinski definition) is 3. The molecule has 12 heteroatoms. The molecule has 0 saturated carbocycles. The number of rotatable bonds is 3. The van der Waals surface area contributed by atoms with Crippen molar-refractivity contribution >= 4 is 16.9 Å². The van der Waals surface area contributed by atoms with Gasteiger partial charge in [-0.05, 0) is 19.1 Å². The van der Waals surface area contributed by atoms with Gasteiger partial charge in [-0.15, -0.1) is 0 Å². The monoisotopic (exact) mass is 428 g/mol. The number of halogens is 5. The van der Waals surface area contributed by atoms with Crippen LogP contribution in [0.2, 0.25) is 0 Å². The molecule has 0 spiro atoms. The van der Waals surface area contributed by atoms with E-state index in [4.69, 9.17) is 0 Å². The van der Waals surface area contributed by atoms with E-state index in [1.807, 2.05) is 0 Å². The number of anilines is 1. The topological polar surface area (TPSA) is 90.0 Å². The van der Waals surface area contributed by atoms with Crippen molar-refractivity contribution < 1.29 is 27.1 Å². The van der Waals surface area contributed by atoms with Gasteiger partial charge in [-0.1, -0.05) is 0 Å². The Balaban J connectivity index is 1.72. The van der Waals surface area contributed by atoms with Crippen LogP contribution in [0.4, 0.5) is 27.8 Å². The van der Waals surface area contributed by atoms with Crippen LogP contribution in [0.3, 0.4) is 0 Å². The lowest BCUT2D eigenvalue weighted by molar-refractivity contribution is -0.262.